The van der Waals surface area contributed by atoms with E-state index in [4.69, 9.17) is 15.2 Å². The van der Waals surface area contributed by atoms with Gasteiger partial charge in [-0.3, -0.25) is 9.79 Å². The number of nitrogens with zero attached hydrogens (tertiary/aromatic N) is 3. The number of fused-ring (bicyclic) bond motifs is 1. The number of hydrogen-bond donors (Lipinski definition) is 1. The van der Waals surface area contributed by atoms with Gasteiger partial charge in [-0.2, -0.15) is 0 Å². The first kappa shape index (κ1) is 23.2. The van der Waals surface area contributed by atoms with Gasteiger partial charge in [0, 0.05) is 25.0 Å². The number of thioether (sulfide) groups is 1. The number of hydrogen-bond acceptors (Lipinski definition) is 8. The van der Waals surface area contributed by atoms with Crippen molar-refractivity contribution in [3.8, 4) is 5.88 Å². The van der Waals surface area contributed by atoms with Crippen LogP contribution in [0.5, 0.6) is 5.88 Å². The van der Waals surface area contributed by atoms with Crippen LogP contribution in [0.1, 0.15) is 54.2 Å². The molecule has 0 spiro atoms. The average Bonchev–Trinajstić information content (AvgIpc) is 3.49. The molecule has 2 aromatic rings. The lowest BCUT2D eigenvalue weighted by Crippen LogP contribution is -2.37. The first-order valence-electron chi connectivity index (χ1n) is 11.6. The second kappa shape index (κ2) is 8.92. The van der Waals surface area contributed by atoms with Crippen molar-refractivity contribution in [3.63, 3.8) is 0 Å². The fourth-order valence-corrected chi connectivity index (χ4v) is 6.52. The van der Waals surface area contributed by atoms with Crippen molar-refractivity contribution in [2.45, 2.75) is 49.3 Å². The fourth-order valence-electron chi connectivity index (χ4n) is 5.07. The number of nitrogens with two attached hydrogens (primary N) is 1. The monoisotopic (exact) mass is 484 g/mol. The Morgan fingerprint density at radius 1 is 1.29 bits per heavy atom. The highest BCUT2D eigenvalue weighted by Gasteiger charge is 2.66. The van der Waals surface area contributed by atoms with E-state index in [1.165, 1.54) is 49.5 Å². The van der Waals surface area contributed by atoms with Crippen LogP contribution in [-0.4, -0.2) is 46.0 Å². The van der Waals surface area contributed by atoms with Gasteiger partial charge in [0.15, 0.2) is 11.0 Å². The molecule has 3 aliphatic rings. The predicted molar refractivity (Wildman–Crippen MR) is 129 cm³/mol. The number of amidine groups is 1. The lowest BCUT2D eigenvalue weighted by atomic mass is 9.84. The molecule has 0 bridgehead atoms. The van der Waals surface area contributed by atoms with Gasteiger partial charge in [-0.1, -0.05) is 24.2 Å². The van der Waals surface area contributed by atoms with Crippen molar-refractivity contribution in [3.05, 3.63) is 53.2 Å². The summed E-state index contributed by atoms with van der Waals surface area (Å²) in [6.45, 7) is 3.09. The van der Waals surface area contributed by atoms with E-state index in [-0.39, 0.29) is 34.4 Å². The molecule has 9 heteroatoms. The van der Waals surface area contributed by atoms with Crippen LogP contribution >= 0.6 is 11.8 Å². The summed E-state index contributed by atoms with van der Waals surface area (Å²) in [6.07, 6.45) is 7.49. The predicted octanol–water partition coefficient (Wildman–Crippen LogP) is 3.90. The van der Waals surface area contributed by atoms with Gasteiger partial charge in [0.25, 0.3) is 0 Å². The maximum absolute atomic E-state index is 15.0. The molecule has 0 saturated heterocycles. The zero-order valence-corrected chi connectivity index (χ0v) is 20.2. The topological polar surface area (TPSA) is 99.7 Å². The Labute approximate surface area is 202 Å². The summed E-state index contributed by atoms with van der Waals surface area (Å²) in [4.78, 5) is 26.0. The lowest BCUT2D eigenvalue weighted by Gasteiger charge is -2.34. The number of aromatic nitrogens is 2. The van der Waals surface area contributed by atoms with E-state index >= 15 is 4.39 Å². The molecule has 0 radical (unpaired) electrons. The Hall–Kier alpha value is -2.52. The zero-order valence-electron chi connectivity index (χ0n) is 19.4. The summed E-state index contributed by atoms with van der Waals surface area (Å²) < 4.78 is 25.9. The van der Waals surface area contributed by atoms with E-state index < -0.39 is 5.54 Å². The summed E-state index contributed by atoms with van der Waals surface area (Å²) in [5, 5.41) is 0.434. The molecule has 1 aromatic heterocycles. The molecule has 7 nitrogen and oxygen atoms in total. The van der Waals surface area contributed by atoms with Gasteiger partial charge < -0.3 is 15.2 Å². The van der Waals surface area contributed by atoms with Gasteiger partial charge in [-0.05, 0) is 49.8 Å². The Bertz CT molecular complexity index is 1120. The quantitative estimate of drug-likeness (QED) is 0.539. The number of ether oxygens (including phenoxy) is 2. The molecule has 0 unspecified atom stereocenters. The smallest absolute Gasteiger partial charge is 0.232 e. The van der Waals surface area contributed by atoms with Gasteiger partial charge in [-0.15, -0.1) is 0 Å². The highest BCUT2D eigenvalue weighted by molar-refractivity contribution is 8.15. The van der Waals surface area contributed by atoms with Crippen molar-refractivity contribution < 1.29 is 18.7 Å². The van der Waals surface area contributed by atoms with Crippen molar-refractivity contribution in [1.82, 2.24) is 9.97 Å². The van der Waals surface area contributed by atoms with Crippen LogP contribution < -0.4 is 10.5 Å². The third-order valence-corrected chi connectivity index (χ3v) is 8.56. The Morgan fingerprint density at radius 3 is 2.79 bits per heavy atom. The molecule has 3 atom stereocenters. The number of methoxy groups -OCH3 is 1. The highest BCUT2D eigenvalue weighted by atomic mass is 32.2. The number of ketones is 1. The summed E-state index contributed by atoms with van der Waals surface area (Å²) >= 11 is 1.51. The third-order valence-electron chi connectivity index (χ3n) is 7.29. The molecule has 1 aliphatic heterocycles. The Balaban J connectivity index is 1.31. The van der Waals surface area contributed by atoms with Gasteiger partial charge in [0.2, 0.25) is 5.88 Å². The van der Waals surface area contributed by atoms with Crippen LogP contribution in [-0.2, 0) is 16.7 Å². The Kier molecular flexibility index (Phi) is 6.10. The molecular weight excluding hydrogens is 455 g/mol. The van der Waals surface area contributed by atoms with Gasteiger partial charge in [-0.25, -0.2) is 14.4 Å². The van der Waals surface area contributed by atoms with Crippen molar-refractivity contribution in [2.24, 2.45) is 22.6 Å². The van der Waals surface area contributed by atoms with Crippen LogP contribution in [0.15, 0.2) is 35.6 Å². The van der Waals surface area contributed by atoms with E-state index in [9.17, 15) is 4.79 Å². The molecule has 34 heavy (non-hydrogen) atoms. The minimum absolute atomic E-state index is 0.0855. The standard InChI is InChI=1S/C25H29FN4O3S/c1-24(21-10-25(21,14-32-2)34-23(27)30-24)17-8-16(6-7-18(17)26)9-20(31)19-11-29-22(12-28-19)33-13-15-4-3-5-15/h6-8,11-12,15,21H,3-5,9-10,13-14H2,1-2H3,(H2,27,30)/t21-,24+,25+/m0/s1. The maximum Gasteiger partial charge on any atom is 0.232 e. The van der Waals surface area contributed by atoms with Crippen LogP contribution in [0.4, 0.5) is 4.39 Å². The molecule has 2 N–H and O–H groups in total. The molecule has 2 saturated carbocycles. The summed E-state index contributed by atoms with van der Waals surface area (Å²) in [6, 6.07) is 4.77. The second-order valence-electron chi connectivity index (χ2n) is 9.72. The molecule has 1 aromatic carbocycles. The van der Waals surface area contributed by atoms with Gasteiger partial charge in [0.1, 0.15) is 11.5 Å². The SMILES string of the molecule is COC[C@]12C[C@H]1[C@@](C)(c1cc(CC(=O)c3cnc(OCC4CCC4)cn3)ccc1F)N=C(N)S2. The van der Waals surface area contributed by atoms with Crippen LogP contribution in [0, 0.1) is 17.7 Å². The zero-order chi connectivity index (χ0) is 23.9. The molecule has 2 aliphatic carbocycles. The third kappa shape index (κ3) is 4.31. The number of benzene rings is 1. The number of aliphatic imine (C=N–C) groups is 1. The first-order valence-corrected chi connectivity index (χ1v) is 12.4. The fraction of sp³-hybridized carbons (Fsp3) is 0.520. The van der Waals surface area contributed by atoms with E-state index in [1.54, 1.807) is 19.2 Å². The van der Waals surface area contributed by atoms with Crippen molar-refractivity contribution in [1.29, 1.82) is 0 Å². The normalized spacial score (nSPS) is 28.0. The minimum atomic E-state index is -0.809. The van der Waals surface area contributed by atoms with E-state index in [0.717, 1.165) is 6.42 Å². The number of carbonyl (C=O) groups is 1. The maximum atomic E-state index is 15.0. The molecule has 180 valence electrons. The van der Waals surface area contributed by atoms with Crippen molar-refractivity contribution >= 4 is 22.7 Å². The largest absolute Gasteiger partial charge is 0.476 e. The van der Waals surface area contributed by atoms with E-state index in [2.05, 4.69) is 15.0 Å². The molecule has 0 amide bonds. The van der Waals surface area contributed by atoms with Crippen LogP contribution in [0.2, 0.25) is 0 Å². The second-order valence-corrected chi connectivity index (χ2v) is 11.2. The summed E-state index contributed by atoms with van der Waals surface area (Å²) in [7, 11) is 1.66. The number of Topliss-reactive ketones (excluding diaryl/α,β-unsaturated/α-hetero) is 1. The van der Waals surface area contributed by atoms with Crippen molar-refractivity contribution in [2.75, 3.05) is 20.3 Å². The molecule has 2 fully saturated rings. The molecule has 2 heterocycles. The highest BCUT2D eigenvalue weighted by Crippen LogP contribution is 2.65. The molecule has 5 rings (SSSR count). The number of carbonyl (C=O) groups excluding carboxylic acids is 1. The van der Waals surface area contributed by atoms with E-state index in [1.807, 2.05) is 6.92 Å². The van der Waals surface area contributed by atoms with Gasteiger partial charge in [0.05, 0.1) is 35.9 Å². The minimum Gasteiger partial charge on any atom is -0.476 e. The summed E-state index contributed by atoms with van der Waals surface area (Å²) in [5.41, 5.74) is 6.74. The van der Waals surface area contributed by atoms with Gasteiger partial charge >= 0.3 is 0 Å². The Morgan fingerprint density at radius 2 is 2.12 bits per heavy atom. The lowest BCUT2D eigenvalue weighted by molar-refractivity contribution is 0.0987. The number of rotatable bonds is 9. The number of halogens is 1. The average molecular weight is 485 g/mol. The van der Waals surface area contributed by atoms with Crippen LogP contribution in [0.3, 0.4) is 0 Å². The first-order chi connectivity index (χ1) is 16.3. The molecular formula is C25H29FN4O3S. The summed E-state index contributed by atoms with van der Waals surface area (Å²) in [5.74, 6) is 0.581. The van der Waals surface area contributed by atoms with E-state index in [0.29, 0.717) is 41.3 Å². The van der Waals surface area contributed by atoms with Crippen LogP contribution in [0.25, 0.3) is 0 Å².